The largest absolute Gasteiger partial charge is 0.465 e. The number of rotatable bonds is 1. The molecule has 3 nitrogen and oxygen atoms in total. The summed E-state index contributed by atoms with van der Waals surface area (Å²) in [4.78, 5) is 15.6. The number of fused-ring (bicyclic) bond motifs is 1. The molecule has 72 valence electrons. The fraction of sp³-hybridized carbons (Fsp3) is 0.273. The topological polar surface area (TPSA) is 38.7 Å². The summed E-state index contributed by atoms with van der Waals surface area (Å²) >= 11 is 0. The lowest BCUT2D eigenvalue weighted by Crippen LogP contribution is -2.29. The molecule has 1 aromatic rings. The molecule has 1 aromatic carbocycles. The second kappa shape index (κ2) is 3.62. The number of ether oxygens (including phenoxy) is 1. The van der Waals surface area contributed by atoms with Crippen molar-refractivity contribution in [3.05, 3.63) is 34.3 Å². The highest BCUT2D eigenvalue weighted by atomic mass is 16.5. The van der Waals surface area contributed by atoms with Crippen molar-refractivity contribution < 1.29 is 9.53 Å². The second-order valence-electron chi connectivity index (χ2n) is 3.14. The molecule has 0 saturated carbocycles. The Hall–Kier alpha value is -1.64. The van der Waals surface area contributed by atoms with E-state index in [1.54, 1.807) is 12.1 Å². The number of esters is 1. The maximum absolute atomic E-state index is 11.2. The van der Waals surface area contributed by atoms with Crippen molar-refractivity contribution in [2.75, 3.05) is 13.7 Å². The zero-order valence-electron chi connectivity index (χ0n) is 7.99. The Bertz CT molecular complexity index is 477. The molecule has 0 N–H and O–H groups in total. The van der Waals surface area contributed by atoms with Crippen LogP contribution in [0.3, 0.4) is 0 Å². The maximum Gasteiger partial charge on any atom is 0.337 e. The number of hydrogen-bond acceptors (Lipinski definition) is 3. The first kappa shape index (κ1) is 8.94. The van der Waals surface area contributed by atoms with Gasteiger partial charge in [0.2, 0.25) is 0 Å². The molecular formula is C11H11NO2. The average Bonchev–Trinajstić information content (AvgIpc) is 2.27. The third-order valence-electron chi connectivity index (χ3n) is 2.23. The quantitative estimate of drug-likeness (QED) is 0.595. The lowest BCUT2D eigenvalue weighted by Gasteiger charge is -2.02. The van der Waals surface area contributed by atoms with Gasteiger partial charge in [0.05, 0.1) is 18.0 Å². The van der Waals surface area contributed by atoms with E-state index in [2.05, 4.69) is 15.8 Å². The second-order valence-corrected chi connectivity index (χ2v) is 3.14. The van der Waals surface area contributed by atoms with Gasteiger partial charge in [0.15, 0.2) is 0 Å². The van der Waals surface area contributed by atoms with Crippen LogP contribution < -0.4 is 10.6 Å². The van der Waals surface area contributed by atoms with Crippen LogP contribution in [-0.4, -0.2) is 19.6 Å². The minimum Gasteiger partial charge on any atom is -0.465 e. The summed E-state index contributed by atoms with van der Waals surface area (Å²) in [5.74, 6) is -0.312. The lowest BCUT2D eigenvalue weighted by atomic mass is 10.1. The van der Waals surface area contributed by atoms with E-state index in [0.717, 1.165) is 23.5 Å². The highest BCUT2D eigenvalue weighted by Crippen LogP contribution is 1.96. The van der Waals surface area contributed by atoms with Gasteiger partial charge < -0.3 is 4.74 Å². The van der Waals surface area contributed by atoms with Crippen LogP contribution in [0.2, 0.25) is 0 Å². The van der Waals surface area contributed by atoms with Crippen LogP contribution in [0.15, 0.2) is 23.2 Å². The highest BCUT2D eigenvalue weighted by molar-refractivity contribution is 5.89. The van der Waals surface area contributed by atoms with E-state index < -0.39 is 0 Å². The van der Waals surface area contributed by atoms with Gasteiger partial charge in [0.25, 0.3) is 0 Å². The van der Waals surface area contributed by atoms with Crippen LogP contribution in [0.25, 0.3) is 6.08 Å². The number of hydrogen-bond donors (Lipinski definition) is 0. The zero-order valence-corrected chi connectivity index (χ0v) is 7.99. The fourth-order valence-corrected chi connectivity index (χ4v) is 1.50. The number of nitrogens with zero attached hydrogens (tertiary/aromatic N) is 1. The van der Waals surface area contributed by atoms with Crippen LogP contribution in [0.5, 0.6) is 0 Å². The lowest BCUT2D eigenvalue weighted by molar-refractivity contribution is 0.0600. The normalized spacial score (nSPS) is 13.5. The van der Waals surface area contributed by atoms with E-state index in [4.69, 9.17) is 0 Å². The first-order chi connectivity index (χ1) is 6.81. The summed E-state index contributed by atoms with van der Waals surface area (Å²) in [7, 11) is 1.38. The minimum atomic E-state index is -0.312. The molecule has 3 heteroatoms. The molecule has 0 unspecified atom stereocenters. The molecule has 0 bridgehead atoms. The Labute approximate surface area is 81.7 Å². The van der Waals surface area contributed by atoms with Gasteiger partial charge >= 0.3 is 5.97 Å². The number of benzene rings is 1. The summed E-state index contributed by atoms with van der Waals surface area (Å²) in [6.07, 6.45) is 3.11. The molecule has 0 atom stereocenters. The number of methoxy groups -OCH3 is 1. The van der Waals surface area contributed by atoms with Gasteiger partial charge in [-0.2, -0.15) is 0 Å². The van der Waals surface area contributed by atoms with Crippen molar-refractivity contribution in [1.82, 2.24) is 0 Å². The summed E-state index contributed by atoms with van der Waals surface area (Å²) in [6, 6.07) is 5.45. The maximum atomic E-state index is 11.2. The van der Waals surface area contributed by atoms with Crippen molar-refractivity contribution in [2.24, 2.45) is 4.99 Å². The van der Waals surface area contributed by atoms with Crippen molar-refractivity contribution in [1.29, 1.82) is 0 Å². The van der Waals surface area contributed by atoms with Gasteiger partial charge in [0, 0.05) is 6.54 Å². The fourth-order valence-electron chi connectivity index (χ4n) is 1.50. The van der Waals surface area contributed by atoms with Gasteiger partial charge in [-0.15, -0.1) is 0 Å². The molecule has 1 aliphatic rings. The molecule has 0 saturated heterocycles. The van der Waals surface area contributed by atoms with Crippen LogP contribution >= 0.6 is 0 Å². The molecule has 14 heavy (non-hydrogen) atoms. The first-order valence-electron chi connectivity index (χ1n) is 4.54. The Morgan fingerprint density at radius 1 is 1.50 bits per heavy atom. The van der Waals surface area contributed by atoms with E-state index in [1.807, 2.05) is 6.07 Å². The minimum absolute atomic E-state index is 0.312. The molecule has 0 spiro atoms. The number of carbonyl (C=O) groups excluding carboxylic acids is 1. The first-order valence-corrected chi connectivity index (χ1v) is 4.54. The molecule has 0 aromatic heterocycles. The van der Waals surface area contributed by atoms with Gasteiger partial charge in [-0.25, -0.2) is 4.79 Å². The predicted molar refractivity (Wildman–Crippen MR) is 52.5 cm³/mol. The van der Waals surface area contributed by atoms with Crippen LogP contribution in [0.1, 0.15) is 16.8 Å². The third kappa shape index (κ3) is 1.53. The van der Waals surface area contributed by atoms with Crippen LogP contribution in [-0.2, 0) is 4.74 Å². The Morgan fingerprint density at radius 2 is 2.36 bits per heavy atom. The highest BCUT2D eigenvalue weighted by Gasteiger charge is 2.05. The van der Waals surface area contributed by atoms with E-state index >= 15 is 0 Å². The standard InChI is InChI=1S/C11H11NO2/c1-14-11(13)9-5-4-8-3-2-6-12-10(8)7-9/h3-5,7H,2,6H2,1H3. The zero-order chi connectivity index (χ0) is 9.97. The molecule has 2 rings (SSSR count). The Kier molecular flexibility index (Phi) is 2.31. The molecule has 0 fully saturated rings. The van der Waals surface area contributed by atoms with Crippen LogP contribution in [0.4, 0.5) is 0 Å². The summed E-state index contributed by atoms with van der Waals surface area (Å²) < 4.78 is 4.64. The number of carbonyl (C=O) groups is 1. The van der Waals surface area contributed by atoms with Gasteiger partial charge in [-0.1, -0.05) is 12.1 Å². The van der Waals surface area contributed by atoms with Crippen LogP contribution in [0, 0.1) is 0 Å². The van der Waals surface area contributed by atoms with E-state index in [1.165, 1.54) is 7.11 Å². The molecule has 0 aliphatic carbocycles. The predicted octanol–water partition coefficient (Wildman–Crippen LogP) is 0.277. The van der Waals surface area contributed by atoms with E-state index in [-0.39, 0.29) is 5.97 Å². The molecule has 0 radical (unpaired) electrons. The SMILES string of the molecule is COC(=O)c1ccc2c(c1)=NCCC=2. The average molecular weight is 189 g/mol. The summed E-state index contributed by atoms with van der Waals surface area (Å²) in [6.45, 7) is 0.803. The molecule has 0 amide bonds. The third-order valence-corrected chi connectivity index (χ3v) is 2.23. The van der Waals surface area contributed by atoms with Crippen molar-refractivity contribution in [3.8, 4) is 0 Å². The molecule has 1 aliphatic heterocycles. The van der Waals surface area contributed by atoms with E-state index in [9.17, 15) is 4.79 Å². The molecular weight excluding hydrogens is 178 g/mol. The van der Waals surface area contributed by atoms with Crippen molar-refractivity contribution in [3.63, 3.8) is 0 Å². The smallest absolute Gasteiger partial charge is 0.337 e. The Balaban J connectivity index is 2.55. The van der Waals surface area contributed by atoms with Gasteiger partial charge in [-0.3, -0.25) is 4.99 Å². The van der Waals surface area contributed by atoms with Gasteiger partial charge in [-0.05, 0) is 23.8 Å². The van der Waals surface area contributed by atoms with Crippen molar-refractivity contribution in [2.45, 2.75) is 6.42 Å². The molecule has 1 heterocycles. The monoisotopic (exact) mass is 189 g/mol. The van der Waals surface area contributed by atoms with Crippen molar-refractivity contribution >= 4 is 12.0 Å². The summed E-state index contributed by atoms with van der Waals surface area (Å²) in [5, 5.41) is 1.99. The summed E-state index contributed by atoms with van der Waals surface area (Å²) in [5.41, 5.74) is 0.560. The van der Waals surface area contributed by atoms with E-state index in [0.29, 0.717) is 5.56 Å². The Morgan fingerprint density at radius 3 is 3.14 bits per heavy atom. The van der Waals surface area contributed by atoms with Gasteiger partial charge in [0.1, 0.15) is 0 Å².